The van der Waals surface area contributed by atoms with Crippen molar-refractivity contribution in [1.29, 1.82) is 0 Å². The summed E-state index contributed by atoms with van der Waals surface area (Å²) >= 11 is 0. The molecule has 0 aliphatic rings. The van der Waals surface area contributed by atoms with Crippen molar-refractivity contribution in [2.45, 2.75) is 26.7 Å². The number of benzene rings is 2. The van der Waals surface area contributed by atoms with Gasteiger partial charge in [-0.2, -0.15) is 0 Å². The number of carbonyl (C=O) groups is 3. The Bertz CT molecular complexity index is 767. The van der Waals surface area contributed by atoms with Crippen molar-refractivity contribution in [3.63, 3.8) is 0 Å². The highest BCUT2D eigenvalue weighted by Gasteiger charge is 2.09. The Morgan fingerprint density at radius 3 is 1.92 bits per heavy atom. The van der Waals surface area contributed by atoms with Crippen molar-refractivity contribution in [2.75, 3.05) is 17.2 Å². The SMILES string of the molecule is CCCCOC(=O)c1ccc(NC(=O)c2ccc(NC(C)=O)cc2)cc1. The number of hydrogen-bond donors (Lipinski definition) is 2. The van der Waals surface area contributed by atoms with Gasteiger partial charge in [-0.05, 0) is 55.0 Å². The number of esters is 1. The minimum absolute atomic E-state index is 0.171. The van der Waals surface area contributed by atoms with E-state index in [-0.39, 0.29) is 17.8 Å². The molecule has 0 fully saturated rings. The lowest BCUT2D eigenvalue weighted by atomic mass is 10.1. The number of ether oxygens (including phenoxy) is 1. The molecular formula is C20H22N2O4. The lowest BCUT2D eigenvalue weighted by Gasteiger charge is -2.08. The minimum atomic E-state index is -0.370. The summed E-state index contributed by atoms with van der Waals surface area (Å²) in [6, 6.07) is 13.1. The molecule has 2 rings (SSSR count). The van der Waals surface area contributed by atoms with E-state index in [1.54, 1.807) is 48.5 Å². The molecule has 136 valence electrons. The van der Waals surface area contributed by atoms with Gasteiger partial charge in [0.1, 0.15) is 0 Å². The van der Waals surface area contributed by atoms with E-state index < -0.39 is 0 Å². The Morgan fingerprint density at radius 2 is 1.38 bits per heavy atom. The van der Waals surface area contributed by atoms with Gasteiger partial charge in [0, 0.05) is 23.9 Å². The van der Waals surface area contributed by atoms with E-state index in [0.29, 0.717) is 29.1 Å². The Balaban J connectivity index is 1.94. The molecule has 0 aliphatic heterocycles. The maximum Gasteiger partial charge on any atom is 0.338 e. The molecule has 0 atom stereocenters. The number of carbonyl (C=O) groups excluding carboxylic acids is 3. The third kappa shape index (κ3) is 5.73. The fraction of sp³-hybridized carbons (Fsp3) is 0.250. The number of unbranched alkanes of at least 4 members (excludes halogenated alkanes) is 1. The highest BCUT2D eigenvalue weighted by Crippen LogP contribution is 2.14. The molecule has 0 bridgehead atoms. The lowest BCUT2D eigenvalue weighted by molar-refractivity contribution is -0.114. The van der Waals surface area contributed by atoms with Gasteiger partial charge in [0.05, 0.1) is 12.2 Å². The average Bonchev–Trinajstić information content (AvgIpc) is 2.62. The predicted molar refractivity (Wildman–Crippen MR) is 100 cm³/mol. The lowest BCUT2D eigenvalue weighted by Crippen LogP contribution is -2.12. The van der Waals surface area contributed by atoms with E-state index in [1.165, 1.54) is 6.92 Å². The van der Waals surface area contributed by atoms with E-state index in [1.807, 2.05) is 6.92 Å². The first-order valence-corrected chi connectivity index (χ1v) is 8.46. The van der Waals surface area contributed by atoms with Crippen molar-refractivity contribution in [3.05, 3.63) is 59.7 Å². The molecule has 6 nitrogen and oxygen atoms in total. The topological polar surface area (TPSA) is 84.5 Å². The molecule has 0 aliphatic carbocycles. The molecule has 0 aromatic heterocycles. The van der Waals surface area contributed by atoms with Crippen molar-refractivity contribution < 1.29 is 19.1 Å². The molecule has 0 spiro atoms. The van der Waals surface area contributed by atoms with Crippen molar-refractivity contribution in [1.82, 2.24) is 0 Å². The first-order valence-electron chi connectivity index (χ1n) is 8.46. The zero-order valence-corrected chi connectivity index (χ0v) is 14.9. The summed E-state index contributed by atoms with van der Waals surface area (Å²) in [5.41, 5.74) is 2.10. The maximum atomic E-state index is 12.3. The molecule has 2 aromatic carbocycles. The molecule has 6 heteroatoms. The Kier molecular flexibility index (Phi) is 6.91. The van der Waals surface area contributed by atoms with Crippen LogP contribution in [0.5, 0.6) is 0 Å². The number of hydrogen-bond acceptors (Lipinski definition) is 4. The number of nitrogens with one attached hydrogen (secondary N) is 2. The van der Waals surface area contributed by atoms with Crippen LogP contribution in [0.1, 0.15) is 47.4 Å². The largest absolute Gasteiger partial charge is 0.462 e. The highest BCUT2D eigenvalue weighted by atomic mass is 16.5. The summed E-state index contributed by atoms with van der Waals surface area (Å²) in [5, 5.41) is 5.40. The van der Waals surface area contributed by atoms with E-state index in [2.05, 4.69) is 10.6 Å². The first-order chi connectivity index (χ1) is 12.5. The maximum absolute atomic E-state index is 12.3. The van der Waals surface area contributed by atoms with Crippen molar-refractivity contribution in [3.8, 4) is 0 Å². The third-order valence-corrected chi connectivity index (χ3v) is 3.58. The predicted octanol–water partition coefficient (Wildman–Crippen LogP) is 3.85. The Morgan fingerprint density at radius 1 is 0.846 bits per heavy atom. The highest BCUT2D eigenvalue weighted by molar-refractivity contribution is 6.04. The van der Waals surface area contributed by atoms with Crippen LogP contribution in [0.25, 0.3) is 0 Å². The second kappa shape index (κ2) is 9.36. The molecule has 0 saturated carbocycles. The van der Waals surface area contributed by atoms with Gasteiger partial charge in [-0.1, -0.05) is 13.3 Å². The normalized spacial score (nSPS) is 10.1. The van der Waals surface area contributed by atoms with Crippen LogP contribution >= 0.6 is 0 Å². The zero-order chi connectivity index (χ0) is 18.9. The summed E-state index contributed by atoms with van der Waals surface area (Å²) in [6.45, 7) is 3.85. The summed E-state index contributed by atoms with van der Waals surface area (Å²) in [4.78, 5) is 35.1. The van der Waals surface area contributed by atoms with E-state index in [4.69, 9.17) is 4.74 Å². The molecule has 0 radical (unpaired) electrons. The zero-order valence-electron chi connectivity index (χ0n) is 14.9. The molecule has 2 N–H and O–H groups in total. The fourth-order valence-corrected chi connectivity index (χ4v) is 2.19. The van der Waals surface area contributed by atoms with Gasteiger partial charge in [-0.3, -0.25) is 9.59 Å². The van der Waals surface area contributed by atoms with Gasteiger partial charge in [0.15, 0.2) is 0 Å². The minimum Gasteiger partial charge on any atom is -0.462 e. The molecule has 2 aromatic rings. The molecule has 26 heavy (non-hydrogen) atoms. The van der Waals surface area contributed by atoms with Crippen LogP contribution in [0.2, 0.25) is 0 Å². The van der Waals surface area contributed by atoms with Crippen LogP contribution in [0, 0.1) is 0 Å². The molecule has 0 saturated heterocycles. The third-order valence-electron chi connectivity index (χ3n) is 3.58. The molecule has 0 heterocycles. The molecule has 0 unspecified atom stereocenters. The smallest absolute Gasteiger partial charge is 0.338 e. The standard InChI is InChI=1S/C20H22N2O4/c1-3-4-13-26-20(25)16-7-11-18(12-8-16)22-19(24)15-5-9-17(10-6-15)21-14(2)23/h5-12H,3-4,13H2,1-2H3,(H,21,23)(H,22,24). The summed E-state index contributed by atoms with van der Waals surface area (Å²) < 4.78 is 5.14. The van der Waals surface area contributed by atoms with Crippen LogP contribution < -0.4 is 10.6 Å². The van der Waals surface area contributed by atoms with Crippen LogP contribution in [0.3, 0.4) is 0 Å². The fourth-order valence-electron chi connectivity index (χ4n) is 2.19. The molecule has 2 amide bonds. The Hall–Kier alpha value is -3.15. The number of anilines is 2. The van der Waals surface area contributed by atoms with Gasteiger partial charge >= 0.3 is 5.97 Å². The first kappa shape index (κ1) is 19.2. The number of rotatable bonds is 7. The van der Waals surface area contributed by atoms with E-state index in [9.17, 15) is 14.4 Å². The van der Waals surface area contributed by atoms with Crippen LogP contribution in [-0.4, -0.2) is 24.4 Å². The second-order valence-electron chi connectivity index (χ2n) is 5.78. The number of amides is 2. The Labute approximate surface area is 152 Å². The van der Waals surface area contributed by atoms with Gasteiger partial charge in [0.2, 0.25) is 5.91 Å². The van der Waals surface area contributed by atoms with Crippen LogP contribution in [0.15, 0.2) is 48.5 Å². The average molecular weight is 354 g/mol. The summed E-state index contributed by atoms with van der Waals surface area (Å²) in [7, 11) is 0. The quantitative estimate of drug-likeness (QED) is 0.584. The van der Waals surface area contributed by atoms with E-state index >= 15 is 0 Å². The summed E-state index contributed by atoms with van der Waals surface area (Å²) in [6.07, 6.45) is 1.80. The van der Waals surface area contributed by atoms with Crippen LogP contribution in [0.4, 0.5) is 11.4 Å². The second-order valence-corrected chi connectivity index (χ2v) is 5.78. The van der Waals surface area contributed by atoms with Gasteiger partial charge in [-0.25, -0.2) is 4.79 Å². The monoisotopic (exact) mass is 354 g/mol. The molecular weight excluding hydrogens is 332 g/mol. The van der Waals surface area contributed by atoms with Gasteiger partial charge < -0.3 is 15.4 Å². The van der Waals surface area contributed by atoms with Gasteiger partial charge in [-0.15, -0.1) is 0 Å². The van der Waals surface area contributed by atoms with Crippen LogP contribution in [-0.2, 0) is 9.53 Å². The van der Waals surface area contributed by atoms with Crippen molar-refractivity contribution >= 4 is 29.2 Å². The summed E-state index contributed by atoms with van der Waals surface area (Å²) in [5.74, 6) is -0.821. The van der Waals surface area contributed by atoms with Crippen molar-refractivity contribution in [2.24, 2.45) is 0 Å². The van der Waals surface area contributed by atoms with E-state index in [0.717, 1.165) is 12.8 Å². The van der Waals surface area contributed by atoms with Gasteiger partial charge in [0.25, 0.3) is 5.91 Å².